The largest absolute Gasteiger partial charge is 0.306 e. The van der Waals surface area contributed by atoms with Crippen LogP contribution in [0.25, 0.3) is 0 Å². The average molecular weight is 185 g/mol. The van der Waals surface area contributed by atoms with Crippen LogP contribution >= 0.6 is 0 Å². The Morgan fingerprint density at radius 1 is 1.36 bits per heavy atom. The van der Waals surface area contributed by atoms with Crippen LogP contribution in [0.3, 0.4) is 0 Å². The zero-order valence-corrected chi connectivity index (χ0v) is 8.24. The first-order valence-corrected chi connectivity index (χ1v) is 5.11. The molecule has 0 saturated heterocycles. The van der Waals surface area contributed by atoms with Crippen molar-refractivity contribution >= 4 is 0 Å². The van der Waals surface area contributed by atoms with E-state index in [2.05, 4.69) is 41.6 Å². The maximum atomic E-state index is 5.17. The van der Waals surface area contributed by atoms with Gasteiger partial charge in [-0.1, -0.05) is 36.3 Å². The fraction of sp³-hybridized carbons (Fsp3) is 0.385. The number of terminal acetylenes is 1. The lowest BCUT2D eigenvalue weighted by Crippen LogP contribution is -2.17. The van der Waals surface area contributed by atoms with Gasteiger partial charge in [-0.2, -0.15) is 0 Å². The second-order valence-electron chi connectivity index (χ2n) is 3.85. The van der Waals surface area contributed by atoms with E-state index in [-0.39, 0.29) is 0 Å². The van der Waals surface area contributed by atoms with E-state index in [1.807, 2.05) is 0 Å². The lowest BCUT2D eigenvalue weighted by Gasteiger charge is -2.00. The van der Waals surface area contributed by atoms with Gasteiger partial charge in [-0.3, -0.25) is 0 Å². The molecule has 0 aromatic heterocycles. The van der Waals surface area contributed by atoms with Crippen LogP contribution in [-0.4, -0.2) is 13.1 Å². The number of rotatable bonds is 4. The van der Waals surface area contributed by atoms with E-state index in [4.69, 9.17) is 6.42 Å². The van der Waals surface area contributed by atoms with E-state index in [1.165, 1.54) is 12.0 Å². The second kappa shape index (κ2) is 4.30. The number of nitrogens with one attached hydrogen (secondary N) is 1. The molecule has 0 heterocycles. The van der Waals surface area contributed by atoms with Gasteiger partial charge in [0.05, 0.1) is 6.54 Å². The minimum absolute atomic E-state index is 0.692. The van der Waals surface area contributed by atoms with Crippen LogP contribution in [0.1, 0.15) is 17.9 Å². The minimum Gasteiger partial charge on any atom is -0.306 e. The first-order chi connectivity index (χ1) is 6.92. The molecule has 0 amide bonds. The summed E-state index contributed by atoms with van der Waals surface area (Å²) in [6.07, 6.45) is 6.48. The molecule has 0 unspecified atom stereocenters. The molecule has 1 aromatic rings. The van der Waals surface area contributed by atoms with Crippen LogP contribution in [0.4, 0.5) is 0 Å². The summed E-state index contributed by atoms with van der Waals surface area (Å²) in [5.41, 5.74) is 1.47. The maximum absolute atomic E-state index is 5.17. The molecule has 2 rings (SSSR count). The van der Waals surface area contributed by atoms with E-state index >= 15 is 0 Å². The minimum atomic E-state index is 0.692. The van der Waals surface area contributed by atoms with Gasteiger partial charge < -0.3 is 5.32 Å². The van der Waals surface area contributed by atoms with Gasteiger partial charge >= 0.3 is 0 Å². The highest BCUT2D eigenvalue weighted by Gasteiger charge is 2.37. The van der Waals surface area contributed by atoms with Gasteiger partial charge in [0.1, 0.15) is 0 Å². The summed E-state index contributed by atoms with van der Waals surface area (Å²) >= 11 is 0. The van der Waals surface area contributed by atoms with Gasteiger partial charge in [0, 0.05) is 0 Å². The Morgan fingerprint density at radius 3 is 2.86 bits per heavy atom. The van der Waals surface area contributed by atoms with Crippen molar-refractivity contribution in [3.8, 4) is 12.3 Å². The Morgan fingerprint density at radius 2 is 2.14 bits per heavy atom. The van der Waals surface area contributed by atoms with E-state index in [1.54, 1.807) is 0 Å². The van der Waals surface area contributed by atoms with Gasteiger partial charge in [0.2, 0.25) is 0 Å². The maximum Gasteiger partial charge on any atom is 0.0573 e. The van der Waals surface area contributed by atoms with Gasteiger partial charge in [-0.25, -0.2) is 0 Å². The Kier molecular flexibility index (Phi) is 2.86. The molecule has 72 valence electrons. The first kappa shape index (κ1) is 9.30. The smallest absolute Gasteiger partial charge is 0.0573 e. The van der Waals surface area contributed by atoms with Crippen LogP contribution < -0.4 is 5.32 Å². The summed E-state index contributed by atoms with van der Waals surface area (Å²) in [5, 5.41) is 3.26. The van der Waals surface area contributed by atoms with E-state index in [0.29, 0.717) is 6.54 Å². The second-order valence-corrected chi connectivity index (χ2v) is 3.85. The topological polar surface area (TPSA) is 12.0 Å². The summed E-state index contributed by atoms with van der Waals surface area (Å²) in [6.45, 7) is 1.75. The monoisotopic (exact) mass is 185 g/mol. The van der Waals surface area contributed by atoms with Gasteiger partial charge in [0.25, 0.3) is 0 Å². The third-order valence-corrected chi connectivity index (χ3v) is 2.78. The fourth-order valence-corrected chi connectivity index (χ4v) is 1.91. The Hall–Kier alpha value is -1.26. The van der Waals surface area contributed by atoms with Crippen molar-refractivity contribution < 1.29 is 0 Å². The normalized spacial score (nSPS) is 24.2. The molecular formula is C13H15N. The average Bonchev–Trinajstić information content (AvgIpc) is 2.99. The molecule has 1 aliphatic rings. The van der Waals surface area contributed by atoms with Crippen LogP contribution in [-0.2, 0) is 0 Å². The number of hydrogen-bond donors (Lipinski definition) is 1. The Labute approximate surface area is 85.5 Å². The lowest BCUT2D eigenvalue weighted by molar-refractivity contribution is 0.673. The molecule has 14 heavy (non-hydrogen) atoms. The van der Waals surface area contributed by atoms with Crippen LogP contribution in [0.15, 0.2) is 30.3 Å². The van der Waals surface area contributed by atoms with Crippen molar-refractivity contribution in [1.82, 2.24) is 5.32 Å². The predicted octanol–water partition coefficient (Wildman–Crippen LogP) is 2.01. The van der Waals surface area contributed by atoms with Crippen LogP contribution in [0.2, 0.25) is 0 Å². The Balaban J connectivity index is 1.80. The summed E-state index contributed by atoms with van der Waals surface area (Å²) in [6, 6.07) is 10.7. The molecule has 1 N–H and O–H groups in total. The highest BCUT2D eigenvalue weighted by Crippen LogP contribution is 2.46. The van der Waals surface area contributed by atoms with E-state index in [9.17, 15) is 0 Å². The van der Waals surface area contributed by atoms with Crippen molar-refractivity contribution in [2.45, 2.75) is 12.3 Å². The molecule has 0 spiro atoms. The standard InChI is InChI=1S/C13H15N/c1-2-8-14-10-12-9-13(12)11-6-4-3-5-7-11/h1,3-7,12-14H,8-10H2/t12-,13+/m0/s1. The number of benzene rings is 1. The summed E-state index contributed by atoms with van der Waals surface area (Å²) in [5.74, 6) is 4.16. The zero-order chi connectivity index (χ0) is 9.80. The van der Waals surface area contributed by atoms with Crippen LogP contribution in [0, 0.1) is 18.3 Å². The van der Waals surface area contributed by atoms with Crippen molar-refractivity contribution in [1.29, 1.82) is 0 Å². The molecule has 0 radical (unpaired) electrons. The van der Waals surface area contributed by atoms with Gasteiger partial charge in [0.15, 0.2) is 0 Å². The summed E-state index contributed by atoms with van der Waals surface area (Å²) in [4.78, 5) is 0. The van der Waals surface area contributed by atoms with Crippen molar-refractivity contribution in [3.63, 3.8) is 0 Å². The molecule has 0 aliphatic heterocycles. The molecule has 1 heteroatoms. The van der Waals surface area contributed by atoms with Gasteiger partial charge in [-0.15, -0.1) is 6.42 Å². The van der Waals surface area contributed by atoms with Crippen molar-refractivity contribution in [3.05, 3.63) is 35.9 Å². The quantitative estimate of drug-likeness (QED) is 0.559. The zero-order valence-electron chi connectivity index (χ0n) is 8.24. The molecule has 1 aliphatic carbocycles. The van der Waals surface area contributed by atoms with Crippen molar-refractivity contribution in [2.24, 2.45) is 5.92 Å². The van der Waals surface area contributed by atoms with Gasteiger partial charge in [-0.05, 0) is 30.4 Å². The van der Waals surface area contributed by atoms with Crippen LogP contribution in [0.5, 0.6) is 0 Å². The molecule has 0 bridgehead atoms. The van der Waals surface area contributed by atoms with E-state index in [0.717, 1.165) is 18.4 Å². The number of hydrogen-bond acceptors (Lipinski definition) is 1. The summed E-state index contributed by atoms with van der Waals surface area (Å²) in [7, 11) is 0. The lowest BCUT2D eigenvalue weighted by atomic mass is 10.1. The molecule has 1 nitrogen and oxygen atoms in total. The molecular weight excluding hydrogens is 170 g/mol. The SMILES string of the molecule is C#CCNC[C@@H]1C[C@@H]1c1ccccc1. The first-order valence-electron chi connectivity index (χ1n) is 5.11. The highest BCUT2D eigenvalue weighted by atomic mass is 14.9. The molecule has 1 fully saturated rings. The van der Waals surface area contributed by atoms with E-state index < -0.39 is 0 Å². The molecule has 2 atom stereocenters. The highest BCUT2D eigenvalue weighted by molar-refractivity contribution is 5.25. The third-order valence-electron chi connectivity index (χ3n) is 2.78. The molecule has 1 aromatic carbocycles. The fourth-order valence-electron chi connectivity index (χ4n) is 1.91. The van der Waals surface area contributed by atoms with Crippen molar-refractivity contribution in [2.75, 3.05) is 13.1 Å². The third kappa shape index (κ3) is 2.16. The summed E-state index contributed by atoms with van der Waals surface area (Å²) < 4.78 is 0. The Bertz CT molecular complexity index is 323. The molecule has 1 saturated carbocycles. The predicted molar refractivity (Wildman–Crippen MR) is 59.0 cm³/mol.